The number of hydrogen-bond donors (Lipinski definition) is 2. The van der Waals surface area contributed by atoms with Crippen LogP contribution in [0.2, 0.25) is 0 Å². The summed E-state index contributed by atoms with van der Waals surface area (Å²) in [5, 5.41) is 2.97. The van der Waals surface area contributed by atoms with Crippen molar-refractivity contribution in [1.29, 1.82) is 0 Å². The first kappa shape index (κ1) is 17.5. The summed E-state index contributed by atoms with van der Waals surface area (Å²) in [4.78, 5) is 13.0. The van der Waals surface area contributed by atoms with Crippen LogP contribution in [0.5, 0.6) is 0 Å². The lowest BCUT2D eigenvalue weighted by molar-refractivity contribution is 0.369. The Labute approximate surface area is 165 Å². The van der Waals surface area contributed by atoms with Crippen LogP contribution in [0.1, 0.15) is 72.1 Å². The quantitative estimate of drug-likeness (QED) is 0.626. The molecule has 0 amide bonds. The van der Waals surface area contributed by atoms with Gasteiger partial charge in [-0.2, -0.15) is 0 Å². The largest absolute Gasteiger partial charge is 0.330 e. The van der Waals surface area contributed by atoms with E-state index in [9.17, 15) is 4.79 Å². The Kier molecular flexibility index (Phi) is 6.54. The first-order chi connectivity index (χ1) is 14.0. The molecule has 0 bridgehead atoms. The van der Waals surface area contributed by atoms with Gasteiger partial charge in [0, 0.05) is 16.3 Å². The average molecular weight is 375 g/mol. The summed E-state index contributed by atoms with van der Waals surface area (Å²) in [6, 6.07) is 5.93. The van der Waals surface area contributed by atoms with E-state index in [0.29, 0.717) is 12.8 Å². The molecule has 1 fully saturated rings. The molecule has 3 rings (SSSR count). The smallest absolute Gasteiger partial charge is 0.329 e. The number of aryl methyl sites for hydroxylation is 2. The van der Waals surface area contributed by atoms with Crippen LogP contribution in [0.3, 0.4) is 0 Å². The van der Waals surface area contributed by atoms with Gasteiger partial charge in [-0.05, 0) is 56.8 Å². The molecule has 1 aromatic carbocycles. The first-order valence-corrected chi connectivity index (χ1v) is 10.5. The molecule has 27 heavy (non-hydrogen) atoms. The van der Waals surface area contributed by atoms with Crippen molar-refractivity contribution in [2.75, 3.05) is 19.6 Å². The highest BCUT2D eigenvalue weighted by Crippen LogP contribution is 2.25. The third kappa shape index (κ3) is 4.82. The van der Waals surface area contributed by atoms with Crippen LogP contribution in [0, 0.1) is 0 Å². The molecule has 0 saturated carbocycles. The maximum Gasteiger partial charge on any atom is 0.329 e. The number of nitrogens with one attached hydrogen (secondary N) is 1. The lowest BCUT2D eigenvalue weighted by Gasteiger charge is -2.24. The molecule has 150 valence electrons. The lowest BCUT2D eigenvalue weighted by atomic mass is 10.0. The number of aromatic nitrogens is 2. The Morgan fingerprint density at radius 1 is 1.19 bits per heavy atom. The summed E-state index contributed by atoms with van der Waals surface area (Å²) in [6.45, 7) is -0.244. The van der Waals surface area contributed by atoms with Gasteiger partial charge in [0.05, 0.1) is 17.1 Å². The first-order valence-electron chi connectivity index (χ1n) is 11.7. The maximum atomic E-state index is 13.0. The second-order valence-electron chi connectivity index (χ2n) is 7.69. The number of rotatable bonds is 10. The number of unbranched alkanes of at least 4 members (excludes halogenated alkanes) is 6. The highest BCUT2D eigenvalue weighted by Gasteiger charge is 2.22. The van der Waals surface area contributed by atoms with E-state index in [1.54, 1.807) is 9.13 Å². The summed E-state index contributed by atoms with van der Waals surface area (Å²) in [5.74, 6) is 0. The van der Waals surface area contributed by atoms with Crippen molar-refractivity contribution >= 4 is 11.0 Å². The van der Waals surface area contributed by atoms with Crippen LogP contribution in [-0.2, 0) is 13.5 Å². The van der Waals surface area contributed by atoms with E-state index in [4.69, 9.17) is 8.48 Å². The van der Waals surface area contributed by atoms with Crippen LogP contribution < -0.4 is 16.7 Å². The van der Waals surface area contributed by atoms with E-state index in [0.717, 1.165) is 36.8 Å². The van der Waals surface area contributed by atoms with Crippen molar-refractivity contribution in [2.45, 2.75) is 70.3 Å². The fraction of sp³-hybridized carbons (Fsp3) is 0.682. The van der Waals surface area contributed by atoms with Gasteiger partial charge in [0.2, 0.25) is 0 Å². The highest BCUT2D eigenvalue weighted by molar-refractivity contribution is 5.80. The van der Waals surface area contributed by atoms with E-state index in [1.165, 1.54) is 37.7 Å². The van der Waals surface area contributed by atoms with Crippen molar-refractivity contribution < 1.29 is 2.74 Å². The highest BCUT2D eigenvalue weighted by atomic mass is 16.1. The Morgan fingerprint density at radius 2 is 1.93 bits per heavy atom. The van der Waals surface area contributed by atoms with Gasteiger partial charge < -0.3 is 11.1 Å². The van der Waals surface area contributed by atoms with Crippen molar-refractivity contribution in [2.24, 2.45) is 12.8 Å². The number of nitrogens with zero attached hydrogens (tertiary/aromatic N) is 2. The third-order valence-corrected chi connectivity index (χ3v) is 5.68. The molecule has 2 aromatic rings. The van der Waals surface area contributed by atoms with Crippen molar-refractivity contribution in [1.82, 2.24) is 14.5 Å². The number of imidazole rings is 1. The third-order valence-electron chi connectivity index (χ3n) is 5.68. The Bertz CT molecular complexity index is 847. The number of piperidine rings is 1. The molecular formula is C22H36N4O. The minimum absolute atomic E-state index is 0.0557. The van der Waals surface area contributed by atoms with E-state index in [2.05, 4.69) is 11.4 Å². The number of nitrogens with two attached hydrogens (primary N) is 1. The van der Waals surface area contributed by atoms with Gasteiger partial charge >= 0.3 is 5.69 Å². The van der Waals surface area contributed by atoms with E-state index in [1.807, 2.05) is 19.2 Å². The Hall–Kier alpha value is -1.59. The minimum atomic E-state index is -0.627. The fourth-order valence-corrected chi connectivity index (χ4v) is 4.19. The molecule has 5 nitrogen and oxygen atoms in total. The molecule has 3 N–H and O–H groups in total. The lowest BCUT2D eigenvalue weighted by Crippen LogP contribution is -2.36. The standard InChI is InChI=1S/C22H36N4O/c1-25-21-18(11-7-5-3-2-4-6-8-15-23)12-9-14-20(21)26(22(25)27)19-13-10-16-24-17-19/h9,12,14,19,24H,2-8,10-11,13,15-17,23H2,1H3/i16D,17D. The van der Waals surface area contributed by atoms with E-state index >= 15 is 0 Å². The van der Waals surface area contributed by atoms with Gasteiger partial charge in [-0.25, -0.2) is 4.79 Å². The van der Waals surface area contributed by atoms with Gasteiger partial charge in [0.15, 0.2) is 0 Å². The van der Waals surface area contributed by atoms with Gasteiger partial charge in [-0.1, -0.05) is 44.2 Å². The number of para-hydroxylation sites is 1. The normalized spacial score (nSPS) is 24.1. The van der Waals surface area contributed by atoms with Crippen molar-refractivity contribution in [3.05, 3.63) is 34.2 Å². The number of benzene rings is 1. The summed E-state index contributed by atoms with van der Waals surface area (Å²) in [7, 11) is 1.84. The molecule has 1 saturated heterocycles. The molecule has 3 atom stereocenters. The molecule has 3 unspecified atom stereocenters. The summed E-state index contributed by atoms with van der Waals surface area (Å²) >= 11 is 0. The van der Waals surface area contributed by atoms with Crippen LogP contribution in [0.15, 0.2) is 23.0 Å². The van der Waals surface area contributed by atoms with Crippen molar-refractivity contribution in [3.8, 4) is 0 Å². The van der Waals surface area contributed by atoms with Gasteiger partial charge in [0.1, 0.15) is 0 Å². The second-order valence-corrected chi connectivity index (χ2v) is 7.69. The molecular weight excluding hydrogens is 336 g/mol. The second kappa shape index (κ2) is 10.1. The molecule has 0 radical (unpaired) electrons. The zero-order valence-electron chi connectivity index (χ0n) is 18.6. The van der Waals surface area contributed by atoms with Crippen LogP contribution in [0.25, 0.3) is 11.0 Å². The number of hydrogen-bond acceptors (Lipinski definition) is 3. The van der Waals surface area contributed by atoms with Crippen LogP contribution in [-0.4, -0.2) is 28.7 Å². The fourth-order valence-electron chi connectivity index (χ4n) is 4.19. The molecule has 2 heterocycles. The predicted molar refractivity (Wildman–Crippen MR) is 113 cm³/mol. The summed E-state index contributed by atoms with van der Waals surface area (Å²) in [6.07, 6.45) is 10.8. The Balaban J connectivity index is 1.70. The molecule has 1 aliphatic rings. The van der Waals surface area contributed by atoms with Crippen LogP contribution in [0.4, 0.5) is 0 Å². The molecule has 0 spiro atoms. The molecule has 0 aliphatic carbocycles. The van der Waals surface area contributed by atoms with E-state index < -0.39 is 13.0 Å². The topological polar surface area (TPSA) is 65.0 Å². The molecule has 1 aromatic heterocycles. The summed E-state index contributed by atoms with van der Waals surface area (Å²) in [5.41, 5.74) is 8.62. The monoisotopic (exact) mass is 374 g/mol. The van der Waals surface area contributed by atoms with Gasteiger partial charge in [0.25, 0.3) is 0 Å². The van der Waals surface area contributed by atoms with Gasteiger partial charge in [-0.3, -0.25) is 9.13 Å². The minimum Gasteiger partial charge on any atom is -0.330 e. The van der Waals surface area contributed by atoms with Crippen molar-refractivity contribution in [3.63, 3.8) is 0 Å². The predicted octanol–water partition coefficient (Wildman–Crippen LogP) is 3.50. The molecule has 5 heteroatoms. The maximum absolute atomic E-state index is 13.0. The molecule has 1 aliphatic heterocycles. The zero-order valence-corrected chi connectivity index (χ0v) is 16.6. The van der Waals surface area contributed by atoms with Gasteiger partial charge in [-0.15, -0.1) is 0 Å². The summed E-state index contributed by atoms with van der Waals surface area (Å²) < 4.78 is 19.7. The SMILES string of the molecule is [2H]C1CCC(n2c(=O)n(C)c3c(CCCCCCCCCN)cccc32)C([2H])N1. The van der Waals surface area contributed by atoms with E-state index in [-0.39, 0.29) is 11.7 Å². The number of fused-ring (bicyclic) bond motifs is 1. The Morgan fingerprint density at radius 3 is 2.67 bits per heavy atom. The van der Waals surface area contributed by atoms with Crippen LogP contribution >= 0.6 is 0 Å². The zero-order chi connectivity index (χ0) is 20.8. The average Bonchev–Trinajstić information content (AvgIpc) is 2.95.